The van der Waals surface area contributed by atoms with Gasteiger partial charge in [-0.2, -0.15) is 0 Å². The molecular weight excluding hydrogens is 896 g/mol. The molecule has 3 N–H and O–H groups in total. The van der Waals surface area contributed by atoms with Crippen molar-refractivity contribution in [3.05, 3.63) is 143 Å². The first kappa shape index (κ1) is 50.0. The Morgan fingerprint density at radius 2 is 1.49 bits per heavy atom. The molecule has 12 nitrogen and oxygen atoms in total. The van der Waals surface area contributed by atoms with Crippen molar-refractivity contribution in [1.29, 1.82) is 0 Å². The summed E-state index contributed by atoms with van der Waals surface area (Å²) in [5, 5.41) is 16.4. The molecule has 14 heteroatoms. The highest BCUT2D eigenvalue weighted by molar-refractivity contribution is 7.13. The first-order chi connectivity index (χ1) is 32.8. The lowest BCUT2D eigenvalue weighted by Crippen LogP contribution is -2.57. The molecule has 0 radical (unpaired) electrons. The lowest BCUT2D eigenvalue weighted by atomic mass is 9.85. The molecule has 2 fully saturated rings. The first-order valence-corrected chi connectivity index (χ1v) is 24.9. The maximum atomic E-state index is 14.1. The number of nitrogens with one attached hydrogen (secondary N) is 2. The van der Waals surface area contributed by atoms with Gasteiger partial charge in [0, 0.05) is 71.0 Å². The van der Waals surface area contributed by atoms with E-state index in [0.29, 0.717) is 45.2 Å². The third kappa shape index (κ3) is 13.0. The number of rotatable bonds is 18. The summed E-state index contributed by atoms with van der Waals surface area (Å²) < 4.78 is 6.19. The van der Waals surface area contributed by atoms with Gasteiger partial charge in [-0.25, -0.2) is 4.98 Å². The van der Waals surface area contributed by atoms with Crippen molar-refractivity contribution in [3.8, 4) is 16.2 Å². The lowest BCUT2D eigenvalue weighted by molar-refractivity contribution is -0.144. The first-order valence-electron chi connectivity index (χ1n) is 23.5. The fourth-order valence-corrected chi connectivity index (χ4v) is 9.89. The van der Waals surface area contributed by atoms with Gasteiger partial charge in [-0.05, 0) is 69.9 Å². The maximum absolute atomic E-state index is 14.1. The Labute approximate surface area is 409 Å². The molecule has 68 heavy (non-hydrogen) atoms. The Balaban J connectivity index is 0.854. The average Bonchev–Trinajstić information content (AvgIpc) is 3.97. The van der Waals surface area contributed by atoms with Gasteiger partial charge in [0.15, 0.2) is 0 Å². The van der Waals surface area contributed by atoms with E-state index >= 15 is 0 Å². The minimum atomic E-state index is -0.977. The van der Waals surface area contributed by atoms with Crippen LogP contribution < -0.4 is 15.4 Å². The SMILES string of the molecule is Cc1ncsc1-c1ccc(CNC(=O)C2CC(O)CN2C(=O)[C@@H](NC(=O)CCC(=O)N2CCN(CCOc3ccc(/C(=C(/CCCl)c4ccccc4)c4ccccc4)cc3)CC2)C(C)(C)C)cc1. The Morgan fingerprint density at radius 1 is 0.838 bits per heavy atom. The van der Waals surface area contributed by atoms with Crippen molar-refractivity contribution < 1.29 is 29.0 Å². The number of hydrogen-bond acceptors (Lipinski definition) is 9. The molecule has 7 rings (SSSR count). The molecule has 5 aromatic rings. The van der Waals surface area contributed by atoms with Crippen molar-refractivity contribution in [2.45, 2.75) is 78.1 Å². The van der Waals surface area contributed by atoms with Crippen molar-refractivity contribution in [1.82, 2.24) is 30.3 Å². The van der Waals surface area contributed by atoms with Gasteiger partial charge in [0.2, 0.25) is 23.6 Å². The predicted molar refractivity (Wildman–Crippen MR) is 270 cm³/mol. The van der Waals surface area contributed by atoms with E-state index in [2.05, 4.69) is 81.2 Å². The summed E-state index contributed by atoms with van der Waals surface area (Å²) in [6.45, 7) is 11.4. The smallest absolute Gasteiger partial charge is 0.246 e. The van der Waals surface area contributed by atoms with Gasteiger partial charge < -0.3 is 30.3 Å². The minimum absolute atomic E-state index is 0.00808. The zero-order valence-corrected chi connectivity index (χ0v) is 41.0. The predicted octanol–water partition coefficient (Wildman–Crippen LogP) is 7.82. The van der Waals surface area contributed by atoms with Crippen LogP contribution >= 0.6 is 22.9 Å². The molecule has 1 aromatic heterocycles. The number of alkyl halides is 1. The molecule has 2 saturated heterocycles. The molecule has 2 aliphatic heterocycles. The van der Waals surface area contributed by atoms with Gasteiger partial charge >= 0.3 is 0 Å². The Morgan fingerprint density at radius 3 is 2.10 bits per heavy atom. The summed E-state index contributed by atoms with van der Waals surface area (Å²) in [6.07, 6.45) is -0.132. The normalized spacial score (nSPS) is 17.3. The number of likely N-dealkylation sites (tertiary alicyclic amines) is 1. The molecular formula is C54H63ClN6O6S. The number of nitrogens with zero attached hydrogens (tertiary/aromatic N) is 4. The number of hydrogen-bond donors (Lipinski definition) is 3. The van der Waals surface area contributed by atoms with E-state index in [0.717, 1.165) is 56.1 Å². The van der Waals surface area contributed by atoms with E-state index in [1.165, 1.54) is 10.5 Å². The van der Waals surface area contributed by atoms with Crippen molar-refractivity contribution in [2.24, 2.45) is 5.41 Å². The van der Waals surface area contributed by atoms with Crippen molar-refractivity contribution in [3.63, 3.8) is 0 Å². The van der Waals surface area contributed by atoms with E-state index < -0.39 is 35.4 Å². The second-order valence-corrected chi connectivity index (χ2v) is 19.8. The number of ether oxygens (including phenoxy) is 1. The standard InChI is InChI=1S/C54H63ClN6O6S/c1-37-50(68-36-57-37)42-17-15-38(16-18-42)34-56-52(65)46-33-43(62)35-61(46)53(66)51(54(2,3)4)58-47(63)23-24-48(64)60-29-27-59(28-30-60)31-32-67-44-21-19-41(20-22-44)49(40-13-9-6-10-14-40)45(25-26-55)39-11-7-5-8-12-39/h5-22,36,43,46,51,62H,23-35H2,1-4H3,(H,56,65)(H,58,63)/b49-45-/t43?,46?,51-/m1/s1. The average molecular weight is 960 g/mol. The molecule has 358 valence electrons. The summed E-state index contributed by atoms with van der Waals surface area (Å²) in [5.74, 6) is -0.0710. The lowest BCUT2D eigenvalue weighted by Gasteiger charge is -2.36. The molecule has 2 aliphatic rings. The molecule has 0 aliphatic carbocycles. The monoisotopic (exact) mass is 958 g/mol. The number of allylic oxidation sites excluding steroid dienone is 1. The number of piperazine rings is 1. The van der Waals surface area contributed by atoms with Crippen LogP contribution in [0.1, 0.15) is 74.4 Å². The van der Waals surface area contributed by atoms with Gasteiger partial charge in [0.25, 0.3) is 0 Å². The van der Waals surface area contributed by atoms with Crippen molar-refractivity contribution >= 4 is 57.7 Å². The highest BCUT2D eigenvalue weighted by Crippen LogP contribution is 2.36. The van der Waals surface area contributed by atoms with Crippen LogP contribution in [0.5, 0.6) is 5.75 Å². The number of amides is 4. The van der Waals surface area contributed by atoms with Gasteiger partial charge in [-0.15, -0.1) is 22.9 Å². The van der Waals surface area contributed by atoms with Gasteiger partial charge in [0.1, 0.15) is 24.4 Å². The Bertz CT molecular complexity index is 2500. The molecule has 0 spiro atoms. The van der Waals surface area contributed by atoms with Crippen LogP contribution in [-0.2, 0) is 25.7 Å². The van der Waals surface area contributed by atoms with Crippen LogP contribution in [0.4, 0.5) is 0 Å². The van der Waals surface area contributed by atoms with Crippen LogP contribution in [0.15, 0.2) is 115 Å². The number of thiazole rings is 1. The topological polar surface area (TPSA) is 144 Å². The molecule has 2 unspecified atom stereocenters. The number of aryl methyl sites for hydroxylation is 1. The van der Waals surface area contributed by atoms with Crippen LogP contribution in [0.3, 0.4) is 0 Å². The third-order valence-electron chi connectivity index (χ3n) is 12.7. The summed E-state index contributed by atoms with van der Waals surface area (Å²) >= 11 is 7.91. The Hall–Kier alpha value is -5.86. The molecule has 0 bridgehead atoms. The zero-order valence-electron chi connectivity index (χ0n) is 39.5. The number of aliphatic hydroxyl groups is 1. The number of aliphatic hydroxyl groups excluding tert-OH is 1. The highest BCUT2D eigenvalue weighted by atomic mass is 35.5. The second-order valence-electron chi connectivity index (χ2n) is 18.6. The zero-order chi connectivity index (χ0) is 48.2. The summed E-state index contributed by atoms with van der Waals surface area (Å²) in [7, 11) is 0. The quantitative estimate of drug-likeness (QED) is 0.0596. The van der Waals surface area contributed by atoms with Gasteiger partial charge in [0.05, 0.1) is 22.2 Å². The summed E-state index contributed by atoms with van der Waals surface area (Å²) in [6, 6.07) is 35.0. The van der Waals surface area contributed by atoms with Crippen LogP contribution in [0, 0.1) is 12.3 Å². The summed E-state index contributed by atoms with van der Waals surface area (Å²) in [5.41, 5.74) is 9.70. The minimum Gasteiger partial charge on any atom is -0.492 e. The van der Waals surface area contributed by atoms with Crippen LogP contribution in [0.2, 0.25) is 0 Å². The number of aromatic nitrogens is 1. The number of halogens is 1. The maximum Gasteiger partial charge on any atom is 0.246 e. The molecule has 3 atom stereocenters. The van der Waals surface area contributed by atoms with Crippen LogP contribution in [-0.4, -0.2) is 118 Å². The number of benzene rings is 4. The molecule has 3 heterocycles. The number of β-amino-alcohol motifs (C(OH)–C–C–N with tert-alkyl or cyclic N) is 1. The van der Waals surface area contributed by atoms with E-state index in [1.54, 1.807) is 16.2 Å². The highest BCUT2D eigenvalue weighted by Gasteiger charge is 2.44. The van der Waals surface area contributed by atoms with Crippen molar-refractivity contribution in [2.75, 3.05) is 51.8 Å². The Kier molecular flexibility index (Phi) is 17.2. The van der Waals surface area contributed by atoms with E-state index in [1.807, 2.05) is 81.7 Å². The van der Waals surface area contributed by atoms with E-state index in [4.69, 9.17) is 16.3 Å². The number of carbonyl (C=O) groups excluding carboxylic acids is 4. The third-order valence-corrected chi connectivity index (χ3v) is 13.8. The number of carbonyl (C=O) groups is 4. The fraction of sp³-hybridized carbons (Fsp3) is 0.389. The molecule has 4 aromatic carbocycles. The fourth-order valence-electron chi connectivity index (χ4n) is 8.89. The van der Waals surface area contributed by atoms with E-state index in [9.17, 15) is 24.3 Å². The second kappa shape index (κ2) is 23.4. The van der Waals surface area contributed by atoms with Gasteiger partial charge in [-0.1, -0.05) is 118 Å². The molecule has 0 saturated carbocycles. The van der Waals surface area contributed by atoms with E-state index in [-0.39, 0.29) is 44.2 Å². The molecule has 4 amide bonds. The summed E-state index contributed by atoms with van der Waals surface area (Å²) in [4.78, 5) is 65.1. The van der Waals surface area contributed by atoms with Crippen LogP contribution in [0.25, 0.3) is 21.6 Å². The largest absolute Gasteiger partial charge is 0.492 e. The van der Waals surface area contributed by atoms with Gasteiger partial charge in [-0.3, -0.25) is 24.1 Å².